The van der Waals surface area contributed by atoms with Crippen molar-refractivity contribution in [1.82, 2.24) is 4.90 Å². The normalized spacial score (nSPS) is 17.9. The molecule has 1 aliphatic heterocycles. The average Bonchev–Trinajstić information content (AvgIpc) is 2.83. The fourth-order valence-corrected chi connectivity index (χ4v) is 2.53. The van der Waals surface area contributed by atoms with E-state index in [2.05, 4.69) is 4.90 Å². The number of hydrogen-bond donors (Lipinski definition) is 1. The number of halogens is 1. The Morgan fingerprint density at radius 3 is 2.67 bits per heavy atom. The SMILES string of the molecule is CC(C(=O)O)c1ccc(CN2CCCC2)c(Cl)c1. The van der Waals surface area contributed by atoms with Crippen molar-refractivity contribution in [3.63, 3.8) is 0 Å². The second-order valence-electron chi connectivity index (χ2n) is 4.89. The summed E-state index contributed by atoms with van der Waals surface area (Å²) in [6.45, 7) is 4.79. The van der Waals surface area contributed by atoms with Crippen molar-refractivity contribution in [2.75, 3.05) is 13.1 Å². The number of nitrogens with zero attached hydrogens (tertiary/aromatic N) is 1. The van der Waals surface area contributed by atoms with Gasteiger partial charge < -0.3 is 5.11 Å². The minimum atomic E-state index is -0.821. The van der Waals surface area contributed by atoms with Gasteiger partial charge in [-0.25, -0.2) is 0 Å². The monoisotopic (exact) mass is 267 g/mol. The molecule has 1 atom stereocenters. The van der Waals surface area contributed by atoms with Crippen LogP contribution in [0.2, 0.25) is 5.02 Å². The fraction of sp³-hybridized carbons (Fsp3) is 0.500. The second kappa shape index (κ2) is 5.72. The van der Waals surface area contributed by atoms with Gasteiger partial charge in [0, 0.05) is 11.6 Å². The summed E-state index contributed by atoms with van der Waals surface area (Å²) in [6, 6.07) is 5.61. The van der Waals surface area contributed by atoms with E-state index in [1.807, 2.05) is 12.1 Å². The van der Waals surface area contributed by atoms with E-state index in [0.29, 0.717) is 5.02 Å². The molecule has 1 unspecified atom stereocenters. The molecule has 0 radical (unpaired) electrons. The van der Waals surface area contributed by atoms with Gasteiger partial charge in [-0.15, -0.1) is 0 Å². The largest absolute Gasteiger partial charge is 0.481 e. The van der Waals surface area contributed by atoms with Gasteiger partial charge in [0.15, 0.2) is 0 Å². The third kappa shape index (κ3) is 3.03. The molecule has 1 aliphatic rings. The molecule has 1 N–H and O–H groups in total. The first-order chi connectivity index (χ1) is 8.58. The summed E-state index contributed by atoms with van der Waals surface area (Å²) in [5.41, 5.74) is 1.84. The Balaban J connectivity index is 2.11. The third-order valence-corrected chi connectivity index (χ3v) is 3.89. The zero-order chi connectivity index (χ0) is 13.1. The number of benzene rings is 1. The smallest absolute Gasteiger partial charge is 0.310 e. The molecule has 2 rings (SSSR count). The van der Waals surface area contributed by atoms with Crippen molar-refractivity contribution < 1.29 is 9.90 Å². The van der Waals surface area contributed by atoms with Crippen LogP contribution in [0.3, 0.4) is 0 Å². The highest BCUT2D eigenvalue weighted by Gasteiger charge is 2.17. The van der Waals surface area contributed by atoms with E-state index < -0.39 is 11.9 Å². The Labute approximate surface area is 112 Å². The lowest BCUT2D eigenvalue weighted by Gasteiger charge is -2.16. The van der Waals surface area contributed by atoms with Crippen molar-refractivity contribution in [1.29, 1.82) is 0 Å². The van der Waals surface area contributed by atoms with Crippen LogP contribution >= 0.6 is 11.6 Å². The standard InChI is InChI=1S/C14H18ClNO2/c1-10(14(17)18)11-4-5-12(13(15)8-11)9-16-6-2-3-7-16/h4-5,8,10H,2-3,6-7,9H2,1H3,(H,17,18). The number of carbonyl (C=O) groups is 1. The van der Waals surface area contributed by atoms with Crippen molar-refractivity contribution in [2.45, 2.75) is 32.2 Å². The van der Waals surface area contributed by atoms with Gasteiger partial charge in [-0.05, 0) is 50.0 Å². The average molecular weight is 268 g/mol. The van der Waals surface area contributed by atoms with E-state index in [4.69, 9.17) is 16.7 Å². The molecule has 1 heterocycles. The van der Waals surface area contributed by atoms with Gasteiger partial charge in [-0.1, -0.05) is 23.7 Å². The van der Waals surface area contributed by atoms with Crippen molar-refractivity contribution in [3.8, 4) is 0 Å². The van der Waals surface area contributed by atoms with E-state index in [1.54, 1.807) is 13.0 Å². The van der Waals surface area contributed by atoms with Crippen LogP contribution < -0.4 is 0 Å². The summed E-state index contributed by atoms with van der Waals surface area (Å²) in [5.74, 6) is -1.33. The summed E-state index contributed by atoms with van der Waals surface area (Å²) in [4.78, 5) is 13.3. The van der Waals surface area contributed by atoms with E-state index in [0.717, 1.165) is 30.8 Å². The zero-order valence-electron chi connectivity index (χ0n) is 10.5. The zero-order valence-corrected chi connectivity index (χ0v) is 11.3. The quantitative estimate of drug-likeness (QED) is 0.911. The molecule has 0 spiro atoms. The van der Waals surface area contributed by atoms with E-state index in [-0.39, 0.29) is 0 Å². The number of likely N-dealkylation sites (tertiary alicyclic amines) is 1. The van der Waals surface area contributed by atoms with Crippen LogP contribution in [0.25, 0.3) is 0 Å². The van der Waals surface area contributed by atoms with Crippen LogP contribution in [0.4, 0.5) is 0 Å². The Bertz CT molecular complexity index is 441. The van der Waals surface area contributed by atoms with Crippen molar-refractivity contribution in [3.05, 3.63) is 34.3 Å². The van der Waals surface area contributed by atoms with Crippen molar-refractivity contribution >= 4 is 17.6 Å². The third-order valence-electron chi connectivity index (χ3n) is 3.54. The van der Waals surface area contributed by atoms with Gasteiger partial charge in [-0.2, -0.15) is 0 Å². The lowest BCUT2D eigenvalue weighted by molar-refractivity contribution is -0.138. The first kappa shape index (κ1) is 13.4. The molecule has 1 aromatic carbocycles. The van der Waals surface area contributed by atoms with Crippen LogP contribution in [0.5, 0.6) is 0 Å². The maximum atomic E-state index is 10.9. The number of carboxylic acid groups (broad SMARTS) is 1. The van der Waals surface area contributed by atoms with Crippen molar-refractivity contribution in [2.24, 2.45) is 0 Å². The Morgan fingerprint density at radius 2 is 2.11 bits per heavy atom. The highest BCUT2D eigenvalue weighted by Crippen LogP contribution is 2.25. The van der Waals surface area contributed by atoms with Gasteiger partial charge in [0.25, 0.3) is 0 Å². The molecular weight excluding hydrogens is 250 g/mol. The topological polar surface area (TPSA) is 40.5 Å². The Morgan fingerprint density at radius 1 is 1.44 bits per heavy atom. The van der Waals surface area contributed by atoms with Crippen LogP contribution in [0, 0.1) is 0 Å². The minimum absolute atomic E-state index is 0.511. The number of rotatable bonds is 4. The van der Waals surface area contributed by atoms with Crippen LogP contribution in [0.15, 0.2) is 18.2 Å². The first-order valence-corrected chi connectivity index (χ1v) is 6.69. The molecule has 1 aromatic rings. The van der Waals surface area contributed by atoms with Gasteiger partial charge in [0.1, 0.15) is 0 Å². The fourth-order valence-electron chi connectivity index (χ4n) is 2.29. The lowest BCUT2D eigenvalue weighted by atomic mass is 10.00. The van der Waals surface area contributed by atoms with Crippen LogP contribution in [-0.2, 0) is 11.3 Å². The maximum Gasteiger partial charge on any atom is 0.310 e. The van der Waals surface area contributed by atoms with Gasteiger partial charge in [0.2, 0.25) is 0 Å². The van der Waals surface area contributed by atoms with Gasteiger partial charge >= 0.3 is 5.97 Å². The van der Waals surface area contributed by atoms with E-state index >= 15 is 0 Å². The maximum absolute atomic E-state index is 10.9. The van der Waals surface area contributed by atoms with Gasteiger partial charge in [-0.3, -0.25) is 9.69 Å². The first-order valence-electron chi connectivity index (χ1n) is 6.31. The molecule has 0 saturated carbocycles. The number of hydrogen-bond acceptors (Lipinski definition) is 2. The van der Waals surface area contributed by atoms with E-state index in [1.165, 1.54) is 12.8 Å². The Hall–Kier alpha value is -1.06. The molecule has 4 heteroatoms. The highest BCUT2D eigenvalue weighted by molar-refractivity contribution is 6.31. The molecule has 98 valence electrons. The molecule has 18 heavy (non-hydrogen) atoms. The number of aliphatic carboxylic acids is 1. The summed E-state index contributed by atoms with van der Waals surface area (Å²) in [6.07, 6.45) is 2.51. The predicted molar refractivity (Wildman–Crippen MR) is 72.0 cm³/mol. The minimum Gasteiger partial charge on any atom is -0.481 e. The molecule has 3 nitrogen and oxygen atoms in total. The highest BCUT2D eigenvalue weighted by atomic mass is 35.5. The molecule has 1 fully saturated rings. The summed E-state index contributed by atoms with van der Waals surface area (Å²) in [5, 5.41) is 9.65. The Kier molecular flexibility index (Phi) is 4.25. The number of carboxylic acids is 1. The molecule has 0 aromatic heterocycles. The van der Waals surface area contributed by atoms with Gasteiger partial charge in [0.05, 0.1) is 5.92 Å². The molecule has 1 saturated heterocycles. The summed E-state index contributed by atoms with van der Waals surface area (Å²) < 4.78 is 0. The van der Waals surface area contributed by atoms with Crippen LogP contribution in [-0.4, -0.2) is 29.1 Å². The van der Waals surface area contributed by atoms with E-state index in [9.17, 15) is 4.79 Å². The molecular formula is C14H18ClNO2. The molecule has 0 amide bonds. The summed E-state index contributed by atoms with van der Waals surface area (Å²) >= 11 is 6.24. The molecule has 0 aliphatic carbocycles. The lowest BCUT2D eigenvalue weighted by Crippen LogP contribution is -2.18. The summed E-state index contributed by atoms with van der Waals surface area (Å²) in [7, 11) is 0. The molecule has 0 bridgehead atoms. The second-order valence-corrected chi connectivity index (χ2v) is 5.30. The predicted octanol–water partition coefficient (Wildman–Crippen LogP) is 3.12. The van der Waals surface area contributed by atoms with Crippen LogP contribution in [0.1, 0.15) is 36.8 Å².